The van der Waals surface area contributed by atoms with Crippen LogP contribution in [0.5, 0.6) is 0 Å². The van der Waals surface area contributed by atoms with Crippen LogP contribution in [0.3, 0.4) is 0 Å². The summed E-state index contributed by atoms with van der Waals surface area (Å²) < 4.78 is 2.29. The Morgan fingerprint density at radius 1 is 1.03 bits per heavy atom. The Balaban J connectivity index is 1.49. The number of benzene rings is 3. The Morgan fingerprint density at radius 3 is 2.68 bits per heavy atom. The number of anilines is 1. The van der Waals surface area contributed by atoms with Crippen LogP contribution in [-0.2, 0) is 13.1 Å². The van der Waals surface area contributed by atoms with E-state index in [1.54, 1.807) is 12.1 Å². The average molecular weight is 413 g/mol. The second-order valence-electron chi connectivity index (χ2n) is 8.61. The summed E-state index contributed by atoms with van der Waals surface area (Å²) in [5.41, 5.74) is 9.10. The molecule has 5 rings (SSSR count). The highest BCUT2D eigenvalue weighted by atomic mass is 16.1. The van der Waals surface area contributed by atoms with Gasteiger partial charge in [-0.15, -0.1) is 0 Å². The molecule has 5 heteroatoms. The molecule has 0 atom stereocenters. The molecule has 1 saturated carbocycles. The van der Waals surface area contributed by atoms with Gasteiger partial charge >= 0.3 is 0 Å². The number of imidazole rings is 1. The Labute approximate surface area is 182 Å². The third kappa shape index (κ3) is 4.00. The number of fused-ring (bicyclic) bond motifs is 2. The standard InChI is InChI=1S/C26H28N4O/c27-25(31)20-13-14-24-23(15-20)29-26(30(24)17-18-7-2-1-3-8-18)28-16-21-11-6-10-19-9-4-5-12-22(19)21/h4-6,9-15,18H,1-3,7-8,16-17H2,(H2,27,31)(H,28,29). The van der Waals surface area contributed by atoms with Crippen molar-refractivity contribution in [1.82, 2.24) is 9.55 Å². The fourth-order valence-electron chi connectivity index (χ4n) is 4.85. The molecule has 1 heterocycles. The maximum absolute atomic E-state index is 11.7. The highest BCUT2D eigenvalue weighted by Crippen LogP contribution is 2.29. The van der Waals surface area contributed by atoms with Crippen LogP contribution in [-0.4, -0.2) is 15.5 Å². The van der Waals surface area contributed by atoms with Crippen molar-refractivity contribution in [3.63, 3.8) is 0 Å². The van der Waals surface area contributed by atoms with Crippen molar-refractivity contribution in [3.8, 4) is 0 Å². The highest BCUT2D eigenvalue weighted by Gasteiger charge is 2.19. The molecule has 1 aliphatic carbocycles. The van der Waals surface area contributed by atoms with Gasteiger partial charge in [0, 0.05) is 18.7 Å². The zero-order valence-electron chi connectivity index (χ0n) is 17.7. The average Bonchev–Trinajstić information content (AvgIpc) is 3.14. The Hall–Kier alpha value is -3.34. The number of amides is 1. The summed E-state index contributed by atoms with van der Waals surface area (Å²) in [6.45, 7) is 1.64. The minimum atomic E-state index is -0.422. The second-order valence-corrected chi connectivity index (χ2v) is 8.61. The number of nitrogens with two attached hydrogens (primary N) is 1. The van der Waals surface area contributed by atoms with E-state index in [0.29, 0.717) is 18.0 Å². The molecular weight excluding hydrogens is 384 g/mol. The van der Waals surface area contributed by atoms with Gasteiger partial charge in [-0.05, 0) is 53.3 Å². The first-order valence-electron chi connectivity index (χ1n) is 11.2. The monoisotopic (exact) mass is 412 g/mol. The molecule has 1 amide bonds. The van der Waals surface area contributed by atoms with Gasteiger partial charge in [-0.25, -0.2) is 4.98 Å². The minimum Gasteiger partial charge on any atom is -0.366 e. The summed E-state index contributed by atoms with van der Waals surface area (Å²) in [6, 6.07) is 20.4. The lowest BCUT2D eigenvalue weighted by atomic mass is 9.89. The molecule has 0 aliphatic heterocycles. The number of rotatable bonds is 6. The normalized spacial score (nSPS) is 14.8. The zero-order chi connectivity index (χ0) is 21.2. The Kier molecular flexibility index (Phi) is 5.33. The first-order valence-corrected chi connectivity index (χ1v) is 11.2. The predicted molar refractivity (Wildman–Crippen MR) is 126 cm³/mol. The van der Waals surface area contributed by atoms with Crippen LogP contribution in [0.4, 0.5) is 5.95 Å². The van der Waals surface area contributed by atoms with Gasteiger partial charge in [0.2, 0.25) is 11.9 Å². The van der Waals surface area contributed by atoms with E-state index in [4.69, 9.17) is 10.7 Å². The lowest BCUT2D eigenvalue weighted by Gasteiger charge is -2.23. The van der Waals surface area contributed by atoms with Crippen LogP contribution in [0, 0.1) is 5.92 Å². The molecule has 158 valence electrons. The van der Waals surface area contributed by atoms with Gasteiger partial charge in [0.15, 0.2) is 0 Å². The van der Waals surface area contributed by atoms with Crippen molar-refractivity contribution in [2.24, 2.45) is 11.7 Å². The molecule has 1 fully saturated rings. The van der Waals surface area contributed by atoms with E-state index in [1.807, 2.05) is 6.07 Å². The number of hydrogen-bond donors (Lipinski definition) is 2. The summed E-state index contributed by atoms with van der Waals surface area (Å²) in [5.74, 6) is 1.10. The first-order chi connectivity index (χ1) is 15.2. The number of nitrogens with zero attached hydrogens (tertiary/aromatic N) is 2. The maximum atomic E-state index is 11.7. The van der Waals surface area contributed by atoms with E-state index >= 15 is 0 Å². The number of carbonyl (C=O) groups is 1. The first kappa shape index (κ1) is 19.6. The molecule has 0 unspecified atom stereocenters. The van der Waals surface area contributed by atoms with Crippen molar-refractivity contribution in [2.75, 3.05) is 5.32 Å². The molecule has 0 spiro atoms. The van der Waals surface area contributed by atoms with E-state index in [2.05, 4.69) is 52.3 Å². The molecule has 1 aliphatic rings. The molecule has 3 aromatic carbocycles. The predicted octanol–water partition coefficient (Wildman–Crippen LogP) is 5.48. The molecule has 4 aromatic rings. The van der Waals surface area contributed by atoms with E-state index in [-0.39, 0.29) is 0 Å². The van der Waals surface area contributed by atoms with E-state index in [1.165, 1.54) is 48.4 Å². The number of hydrogen-bond acceptors (Lipinski definition) is 3. The number of nitrogens with one attached hydrogen (secondary N) is 1. The number of carbonyl (C=O) groups excluding carboxylic acids is 1. The summed E-state index contributed by atoms with van der Waals surface area (Å²) in [5, 5.41) is 6.08. The summed E-state index contributed by atoms with van der Waals surface area (Å²) in [6.07, 6.45) is 6.49. The van der Waals surface area contributed by atoms with Gasteiger partial charge in [0.1, 0.15) is 0 Å². The fraction of sp³-hybridized carbons (Fsp3) is 0.308. The highest BCUT2D eigenvalue weighted by molar-refractivity contribution is 5.96. The molecule has 31 heavy (non-hydrogen) atoms. The lowest BCUT2D eigenvalue weighted by molar-refractivity contribution is 0.100. The minimum absolute atomic E-state index is 0.422. The molecule has 3 N–H and O–H groups in total. The van der Waals surface area contributed by atoms with Crippen molar-refractivity contribution in [2.45, 2.75) is 45.2 Å². The molecule has 5 nitrogen and oxygen atoms in total. The van der Waals surface area contributed by atoms with Crippen LogP contribution < -0.4 is 11.1 Å². The van der Waals surface area contributed by atoms with E-state index in [0.717, 1.165) is 23.5 Å². The molecule has 1 aromatic heterocycles. The maximum Gasteiger partial charge on any atom is 0.248 e. The topological polar surface area (TPSA) is 72.9 Å². The van der Waals surface area contributed by atoms with Crippen LogP contribution in [0.2, 0.25) is 0 Å². The fourth-order valence-corrected chi connectivity index (χ4v) is 4.85. The third-order valence-corrected chi connectivity index (χ3v) is 6.52. The molecular formula is C26H28N4O. The van der Waals surface area contributed by atoms with E-state index in [9.17, 15) is 4.79 Å². The third-order valence-electron chi connectivity index (χ3n) is 6.52. The van der Waals surface area contributed by atoms with Gasteiger partial charge < -0.3 is 15.6 Å². The largest absolute Gasteiger partial charge is 0.366 e. The van der Waals surface area contributed by atoms with Gasteiger partial charge in [-0.2, -0.15) is 0 Å². The molecule has 0 radical (unpaired) electrons. The quantitative estimate of drug-likeness (QED) is 0.440. The van der Waals surface area contributed by atoms with Crippen LogP contribution >= 0.6 is 0 Å². The zero-order valence-corrected chi connectivity index (χ0v) is 17.7. The van der Waals surface area contributed by atoms with Crippen LogP contribution in [0.1, 0.15) is 48.0 Å². The summed E-state index contributed by atoms with van der Waals surface area (Å²) >= 11 is 0. The van der Waals surface area contributed by atoms with Crippen molar-refractivity contribution < 1.29 is 4.79 Å². The summed E-state index contributed by atoms with van der Waals surface area (Å²) in [4.78, 5) is 16.5. The van der Waals surface area contributed by atoms with Crippen molar-refractivity contribution in [3.05, 3.63) is 71.8 Å². The van der Waals surface area contributed by atoms with Crippen LogP contribution in [0.25, 0.3) is 21.8 Å². The summed E-state index contributed by atoms with van der Waals surface area (Å²) in [7, 11) is 0. The number of aromatic nitrogens is 2. The molecule has 0 saturated heterocycles. The lowest BCUT2D eigenvalue weighted by Crippen LogP contribution is -2.16. The Morgan fingerprint density at radius 2 is 1.84 bits per heavy atom. The van der Waals surface area contributed by atoms with Gasteiger partial charge in [-0.1, -0.05) is 61.7 Å². The second kappa shape index (κ2) is 8.42. The van der Waals surface area contributed by atoms with Crippen molar-refractivity contribution in [1.29, 1.82) is 0 Å². The SMILES string of the molecule is NC(=O)c1ccc2c(c1)nc(NCc1cccc3ccccc13)n2CC1CCCCC1. The number of primary amides is 1. The van der Waals surface area contributed by atoms with Gasteiger partial charge in [0.25, 0.3) is 0 Å². The smallest absolute Gasteiger partial charge is 0.248 e. The van der Waals surface area contributed by atoms with Gasteiger partial charge in [0.05, 0.1) is 11.0 Å². The van der Waals surface area contributed by atoms with Crippen LogP contribution in [0.15, 0.2) is 60.7 Å². The van der Waals surface area contributed by atoms with Crippen molar-refractivity contribution >= 4 is 33.7 Å². The van der Waals surface area contributed by atoms with Gasteiger partial charge in [-0.3, -0.25) is 4.79 Å². The van der Waals surface area contributed by atoms with E-state index < -0.39 is 5.91 Å². The Bertz CT molecular complexity index is 1230. The molecule has 0 bridgehead atoms.